The van der Waals surface area contributed by atoms with Crippen molar-refractivity contribution >= 4 is 5.97 Å². The first-order chi connectivity index (χ1) is 6.91. The summed E-state index contributed by atoms with van der Waals surface area (Å²) < 4.78 is 5.17. The van der Waals surface area contributed by atoms with E-state index in [2.05, 4.69) is 0 Å². The molecule has 3 nitrogen and oxygen atoms in total. The van der Waals surface area contributed by atoms with Crippen molar-refractivity contribution in [1.29, 1.82) is 0 Å². The molecule has 0 aromatic carbocycles. The second-order valence-electron chi connectivity index (χ2n) is 5.60. The van der Waals surface area contributed by atoms with E-state index >= 15 is 0 Å². The molecule has 1 rings (SSSR count). The predicted octanol–water partition coefficient (Wildman–Crippen LogP) is 2.09. The van der Waals surface area contributed by atoms with Crippen LogP contribution in [0.15, 0.2) is 0 Å². The first-order valence-electron chi connectivity index (χ1n) is 5.83. The Balaban J connectivity index is 2.17. The minimum Gasteiger partial charge on any atom is -0.465 e. The minimum absolute atomic E-state index is 0.215. The van der Waals surface area contributed by atoms with Gasteiger partial charge in [-0.1, -0.05) is 40.0 Å². The van der Waals surface area contributed by atoms with Gasteiger partial charge in [0.15, 0.2) is 0 Å². The Morgan fingerprint density at radius 3 is 2.47 bits per heavy atom. The van der Waals surface area contributed by atoms with Crippen LogP contribution in [0.4, 0.5) is 0 Å². The molecule has 1 saturated carbocycles. The zero-order valence-electron chi connectivity index (χ0n) is 10.1. The number of hydrogen-bond donors (Lipinski definition) is 1. The first kappa shape index (κ1) is 12.5. The van der Waals surface area contributed by atoms with Crippen LogP contribution in [0.5, 0.6) is 0 Å². The van der Waals surface area contributed by atoms with Gasteiger partial charge in [-0.2, -0.15) is 0 Å². The van der Waals surface area contributed by atoms with Gasteiger partial charge in [0, 0.05) is 0 Å². The molecule has 0 spiro atoms. The van der Waals surface area contributed by atoms with Crippen LogP contribution in [0.3, 0.4) is 0 Å². The van der Waals surface area contributed by atoms with E-state index in [0.29, 0.717) is 6.61 Å². The first-order valence-corrected chi connectivity index (χ1v) is 5.83. The fourth-order valence-electron chi connectivity index (χ4n) is 1.55. The van der Waals surface area contributed by atoms with Gasteiger partial charge in [0.2, 0.25) is 0 Å². The molecule has 1 aliphatic carbocycles. The maximum Gasteiger partial charge on any atom is 0.323 e. The second kappa shape index (κ2) is 4.97. The standard InChI is InChI=1S/C12H23NO2/c1-12(2,3)10(13)11(14)15-8-7-9-5-4-6-9/h9-10H,4-8,13H2,1-3H3/t10-/m1/s1. The summed E-state index contributed by atoms with van der Waals surface area (Å²) in [6.07, 6.45) is 4.93. The van der Waals surface area contributed by atoms with E-state index in [0.717, 1.165) is 12.3 Å². The molecule has 1 fully saturated rings. The largest absolute Gasteiger partial charge is 0.465 e. The zero-order valence-corrected chi connectivity index (χ0v) is 10.1. The number of esters is 1. The molecule has 1 atom stereocenters. The van der Waals surface area contributed by atoms with Gasteiger partial charge in [-0.05, 0) is 17.8 Å². The normalized spacial score (nSPS) is 19.5. The van der Waals surface area contributed by atoms with Crippen molar-refractivity contribution in [3.63, 3.8) is 0 Å². The fraction of sp³-hybridized carbons (Fsp3) is 0.917. The topological polar surface area (TPSA) is 52.3 Å². The number of hydrogen-bond acceptors (Lipinski definition) is 3. The molecule has 88 valence electrons. The van der Waals surface area contributed by atoms with E-state index < -0.39 is 6.04 Å². The third-order valence-corrected chi connectivity index (χ3v) is 3.18. The highest BCUT2D eigenvalue weighted by atomic mass is 16.5. The quantitative estimate of drug-likeness (QED) is 0.727. The predicted molar refractivity (Wildman–Crippen MR) is 60.3 cm³/mol. The van der Waals surface area contributed by atoms with Crippen molar-refractivity contribution in [2.75, 3.05) is 6.61 Å². The monoisotopic (exact) mass is 213 g/mol. The highest BCUT2D eigenvalue weighted by molar-refractivity contribution is 5.76. The van der Waals surface area contributed by atoms with Crippen LogP contribution in [0, 0.1) is 11.3 Å². The Kier molecular flexibility index (Phi) is 4.14. The average molecular weight is 213 g/mol. The van der Waals surface area contributed by atoms with E-state index in [1.54, 1.807) is 0 Å². The van der Waals surface area contributed by atoms with Crippen molar-refractivity contribution in [2.24, 2.45) is 17.1 Å². The summed E-state index contributed by atoms with van der Waals surface area (Å²) in [4.78, 5) is 11.5. The molecule has 15 heavy (non-hydrogen) atoms. The van der Waals surface area contributed by atoms with Crippen molar-refractivity contribution in [3.8, 4) is 0 Å². The summed E-state index contributed by atoms with van der Waals surface area (Å²) in [6, 6.07) is -0.515. The van der Waals surface area contributed by atoms with Crippen LogP contribution in [-0.4, -0.2) is 18.6 Å². The Bertz CT molecular complexity index is 216. The lowest BCUT2D eigenvalue weighted by Gasteiger charge is -2.27. The summed E-state index contributed by atoms with van der Waals surface area (Å²) in [7, 11) is 0. The maximum absolute atomic E-state index is 11.5. The van der Waals surface area contributed by atoms with Crippen LogP contribution < -0.4 is 5.73 Å². The lowest BCUT2D eigenvalue weighted by Crippen LogP contribution is -2.43. The summed E-state index contributed by atoms with van der Waals surface area (Å²) in [5.41, 5.74) is 5.57. The summed E-state index contributed by atoms with van der Waals surface area (Å²) in [6.45, 7) is 6.38. The molecule has 0 bridgehead atoms. The smallest absolute Gasteiger partial charge is 0.323 e. The van der Waals surface area contributed by atoms with Crippen molar-refractivity contribution in [3.05, 3.63) is 0 Å². The van der Waals surface area contributed by atoms with Crippen molar-refractivity contribution in [1.82, 2.24) is 0 Å². The number of nitrogens with two attached hydrogens (primary N) is 1. The number of carbonyl (C=O) groups is 1. The lowest BCUT2D eigenvalue weighted by atomic mass is 9.83. The molecule has 1 aliphatic rings. The molecule has 2 N–H and O–H groups in total. The van der Waals surface area contributed by atoms with Crippen LogP contribution in [0.1, 0.15) is 46.5 Å². The van der Waals surface area contributed by atoms with E-state index in [9.17, 15) is 4.79 Å². The van der Waals surface area contributed by atoms with Crippen molar-refractivity contribution < 1.29 is 9.53 Å². The number of rotatable bonds is 4. The van der Waals surface area contributed by atoms with E-state index in [1.807, 2.05) is 20.8 Å². The SMILES string of the molecule is CC(C)(C)[C@H](N)C(=O)OCCC1CCC1. The van der Waals surface area contributed by atoms with Crippen LogP contribution in [0.2, 0.25) is 0 Å². The summed E-state index contributed by atoms with van der Waals surface area (Å²) in [5, 5.41) is 0. The maximum atomic E-state index is 11.5. The van der Waals surface area contributed by atoms with E-state index in [-0.39, 0.29) is 11.4 Å². The Morgan fingerprint density at radius 1 is 1.47 bits per heavy atom. The lowest BCUT2D eigenvalue weighted by molar-refractivity contribution is -0.148. The van der Waals surface area contributed by atoms with Gasteiger partial charge in [0.25, 0.3) is 0 Å². The van der Waals surface area contributed by atoms with Gasteiger partial charge in [-0.3, -0.25) is 4.79 Å². The van der Waals surface area contributed by atoms with Crippen LogP contribution in [-0.2, 0) is 9.53 Å². The van der Waals surface area contributed by atoms with Gasteiger partial charge in [-0.15, -0.1) is 0 Å². The highest BCUT2D eigenvalue weighted by Crippen LogP contribution is 2.29. The van der Waals surface area contributed by atoms with Gasteiger partial charge in [-0.25, -0.2) is 0 Å². The molecule has 0 heterocycles. The average Bonchev–Trinajstić information content (AvgIpc) is 2.06. The number of ether oxygens (including phenoxy) is 1. The molecule has 3 heteroatoms. The summed E-state index contributed by atoms with van der Waals surface area (Å²) >= 11 is 0. The molecular weight excluding hydrogens is 190 g/mol. The minimum atomic E-state index is -0.515. The third kappa shape index (κ3) is 3.82. The van der Waals surface area contributed by atoms with Crippen LogP contribution >= 0.6 is 0 Å². The van der Waals surface area contributed by atoms with Crippen LogP contribution in [0.25, 0.3) is 0 Å². The molecule has 0 saturated heterocycles. The zero-order chi connectivity index (χ0) is 11.5. The Labute approximate surface area is 92.4 Å². The molecule has 0 radical (unpaired) electrons. The Hall–Kier alpha value is -0.570. The second-order valence-corrected chi connectivity index (χ2v) is 5.60. The molecular formula is C12H23NO2. The van der Waals surface area contributed by atoms with Gasteiger partial charge < -0.3 is 10.5 Å². The van der Waals surface area contributed by atoms with E-state index in [1.165, 1.54) is 19.3 Å². The molecule has 0 amide bonds. The molecule has 0 aromatic heterocycles. The molecule has 0 aliphatic heterocycles. The van der Waals surface area contributed by atoms with Crippen molar-refractivity contribution in [2.45, 2.75) is 52.5 Å². The van der Waals surface area contributed by atoms with Gasteiger partial charge in [0.05, 0.1) is 6.61 Å². The molecule has 0 aromatic rings. The third-order valence-electron chi connectivity index (χ3n) is 3.18. The van der Waals surface area contributed by atoms with Gasteiger partial charge >= 0.3 is 5.97 Å². The van der Waals surface area contributed by atoms with E-state index in [4.69, 9.17) is 10.5 Å². The summed E-state index contributed by atoms with van der Waals surface area (Å²) in [5.74, 6) is 0.519. The number of carbonyl (C=O) groups excluding carboxylic acids is 1. The fourth-order valence-corrected chi connectivity index (χ4v) is 1.55. The highest BCUT2D eigenvalue weighted by Gasteiger charge is 2.29. The molecule has 0 unspecified atom stereocenters. The van der Waals surface area contributed by atoms with Gasteiger partial charge in [0.1, 0.15) is 6.04 Å². The Morgan fingerprint density at radius 2 is 2.07 bits per heavy atom.